The fourth-order valence-corrected chi connectivity index (χ4v) is 5.50. The zero-order chi connectivity index (χ0) is 14.3. The van der Waals surface area contributed by atoms with Crippen LogP contribution in [0.4, 0.5) is 13.2 Å². The molecular weight excluding hydrogens is 385 g/mol. The summed E-state index contributed by atoms with van der Waals surface area (Å²) in [5.41, 5.74) is -4.21. The number of hydrogen-bond donors (Lipinski definition) is 0. The van der Waals surface area contributed by atoms with Crippen molar-refractivity contribution in [3.8, 4) is 0 Å². The predicted molar refractivity (Wildman–Crippen MR) is 78.6 cm³/mol. The standard InChI is InChI=1S/C15H15ClF3S.BrH/c16-12-7-6-11-8-13(10-4-2-1-3-5-10)20(14(11)9-12)15(17,18)19;/h6-10H,1-5H2;1H/q+1;/p-1. The van der Waals surface area contributed by atoms with Crippen molar-refractivity contribution in [2.45, 2.75) is 43.5 Å². The highest BCUT2D eigenvalue weighted by Crippen LogP contribution is 2.55. The summed E-state index contributed by atoms with van der Waals surface area (Å²) in [6.45, 7) is 0. The van der Waals surface area contributed by atoms with Crippen molar-refractivity contribution in [2.75, 3.05) is 0 Å². The third kappa shape index (κ3) is 3.40. The molecule has 116 valence electrons. The van der Waals surface area contributed by atoms with Crippen molar-refractivity contribution >= 4 is 32.2 Å². The van der Waals surface area contributed by atoms with E-state index in [1.54, 1.807) is 18.2 Å². The summed E-state index contributed by atoms with van der Waals surface area (Å²) in [5, 5.41) is 1.07. The van der Waals surface area contributed by atoms with E-state index >= 15 is 0 Å². The Kier molecular flexibility index (Phi) is 5.27. The van der Waals surface area contributed by atoms with Gasteiger partial charge in [-0.1, -0.05) is 30.9 Å². The van der Waals surface area contributed by atoms with Gasteiger partial charge in [0.1, 0.15) is 0 Å². The van der Waals surface area contributed by atoms with Crippen molar-refractivity contribution in [2.24, 2.45) is 0 Å². The van der Waals surface area contributed by atoms with Crippen molar-refractivity contribution in [3.63, 3.8) is 0 Å². The second-order valence-corrected chi connectivity index (χ2v) is 7.74. The van der Waals surface area contributed by atoms with E-state index in [0.717, 1.165) is 32.1 Å². The molecule has 1 saturated carbocycles. The number of thiophene rings is 1. The molecule has 0 radical (unpaired) electrons. The summed E-state index contributed by atoms with van der Waals surface area (Å²) in [6, 6.07) is 6.62. The topological polar surface area (TPSA) is 0 Å². The maximum absolute atomic E-state index is 13.5. The maximum Gasteiger partial charge on any atom is 0.600 e. The predicted octanol–water partition coefficient (Wildman–Crippen LogP) is 3.77. The Morgan fingerprint density at radius 1 is 1.05 bits per heavy atom. The summed E-state index contributed by atoms with van der Waals surface area (Å²) >= 11 is 5.89. The Morgan fingerprint density at radius 3 is 2.33 bits per heavy atom. The highest BCUT2D eigenvalue weighted by Gasteiger charge is 2.49. The molecule has 0 nitrogen and oxygen atoms in total. The molecule has 0 aliphatic heterocycles. The Labute approximate surface area is 140 Å². The Hall–Kier alpha value is -0.260. The first-order chi connectivity index (χ1) is 9.47. The van der Waals surface area contributed by atoms with E-state index in [1.165, 1.54) is 6.07 Å². The molecule has 1 aliphatic carbocycles. The smallest absolute Gasteiger partial charge is 0.600 e. The monoisotopic (exact) mass is 398 g/mol. The van der Waals surface area contributed by atoms with Crippen LogP contribution in [0.25, 0.3) is 10.1 Å². The minimum absolute atomic E-state index is 0. The average molecular weight is 400 g/mol. The lowest BCUT2D eigenvalue weighted by Crippen LogP contribution is -3.00. The first-order valence-corrected chi connectivity index (χ1v) is 8.39. The highest BCUT2D eigenvalue weighted by atomic mass is 79.9. The SMILES string of the molecule is FC(F)(F)[s+]1c(C2CCCCC2)cc2ccc(Cl)cc21.[Br-]. The summed E-state index contributed by atoms with van der Waals surface area (Å²) in [5.74, 6) is 0.0832. The lowest BCUT2D eigenvalue weighted by atomic mass is 9.88. The van der Waals surface area contributed by atoms with Gasteiger partial charge in [0.2, 0.25) is 0 Å². The van der Waals surface area contributed by atoms with E-state index in [9.17, 15) is 13.2 Å². The highest BCUT2D eigenvalue weighted by molar-refractivity contribution is 7.38. The minimum Gasteiger partial charge on any atom is -1.00 e. The molecule has 1 fully saturated rings. The number of fused-ring (bicyclic) bond motifs is 1. The van der Waals surface area contributed by atoms with Crippen LogP contribution in [0.1, 0.15) is 42.9 Å². The lowest BCUT2D eigenvalue weighted by molar-refractivity contribution is -0.0868. The minimum atomic E-state index is -4.21. The first-order valence-electron chi connectivity index (χ1n) is 6.79. The van der Waals surface area contributed by atoms with Crippen LogP contribution in [-0.4, -0.2) is 0 Å². The van der Waals surface area contributed by atoms with Gasteiger partial charge in [-0.25, -0.2) is 0 Å². The summed E-state index contributed by atoms with van der Waals surface area (Å²) in [6.07, 6.45) is 4.98. The normalized spacial score (nSPS) is 17.8. The van der Waals surface area contributed by atoms with Gasteiger partial charge in [0.15, 0.2) is 9.58 Å². The maximum atomic E-state index is 13.5. The number of alkyl halides is 3. The van der Waals surface area contributed by atoms with Crippen LogP contribution in [0, 0.1) is 0 Å². The molecule has 1 atom stereocenters. The lowest BCUT2D eigenvalue weighted by Gasteiger charge is -2.18. The summed E-state index contributed by atoms with van der Waals surface area (Å²) in [4.78, 5) is 0.578. The third-order valence-corrected chi connectivity index (χ3v) is 6.38. The molecule has 21 heavy (non-hydrogen) atoms. The van der Waals surface area contributed by atoms with E-state index in [2.05, 4.69) is 0 Å². The Bertz CT molecular complexity index is 630. The molecule has 0 amide bonds. The fourth-order valence-electron chi connectivity index (χ4n) is 3.07. The van der Waals surface area contributed by atoms with Gasteiger partial charge in [0.25, 0.3) is 0 Å². The molecule has 0 spiro atoms. The van der Waals surface area contributed by atoms with Crippen LogP contribution < -0.4 is 17.0 Å². The van der Waals surface area contributed by atoms with Crippen LogP contribution in [0.15, 0.2) is 24.3 Å². The van der Waals surface area contributed by atoms with Gasteiger partial charge in [0, 0.05) is 28.5 Å². The number of benzene rings is 1. The zero-order valence-electron chi connectivity index (χ0n) is 11.2. The van der Waals surface area contributed by atoms with Crippen LogP contribution in [0.2, 0.25) is 5.02 Å². The van der Waals surface area contributed by atoms with Gasteiger partial charge >= 0.3 is 5.51 Å². The molecule has 2 aromatic rings. The number of hydrogen-bond acceptors (Lipinski definition) is 0. The second-order valence-electron chi connectivity index (χ2n) is 5.32. The van der Waals surface area contributed by atoms with Gasteiger partial charge in [-0.3, -0.25) is 0 Å². The van der Waals surface area contributed by atoms with Crippen molar-refractivity contribution in [1.29, 1.82) is 0 Å². The van der Waals surface area contributed by atoms with Gasteiger partial charge in [-0.15, -0.1) is 13.2 Å². The van der Waals surface area contributed by atoms with Crippen LogP contribution in [-0.2, 0) is 5.51 Å². The van der Waals surface area contributed by atoms with Crippen LogP contribution in [0.5, 0.6) is 0 Å². The molecule has 0 saturated heterocycles. The molecule has 1 heterocycles. The Balaban J connectivity index is 0.00000161. The van der Waals surface area contributed by atoms with E-state index in [0.29, 0.717) is 20.0 Å². The number of rotatable bonds is 1. The van der Waals surface area contributed by atoms with Crippen LogP contribution >= 0.6 is 22.1 Å². The van der Waals surface area contributed by atoms with Gasteiger partial charge in [-0.05, 0) is 25.0 Å². The molecule has 3 rings (SSSR count). The van der Waals surface area contributed by atoms with Gasteiger partial charge in [0.05, 0.1) is 10.5 Å². The quantitative estimate of drug-likeness (QED) is 0.640. The summed E-state index contributed by atoms with van der Waals surface area (Å²) in [7, 11) is -1.79. The number of halogens is 5. The molecular formula is C15H15BrClF3S. The van der Waals surface area contributed by atoms with Gasteiger partial charge in [-0.2, -0.15) is 0 Å². The second kappa shape index (κ2) is 6.47. The molecule has 1 aliphatic rings. The fraction of sp³-hybridized carbons (Fsp3) is 0.467. The van der Waals surface area contributed by atoms with Crippen LogP contribution in [0.3, 0.4) is 0 Å². The average Bonchev–Trinajstić information content (AvgIpc) is 2.78. The first kappa shape index (κ1) is 17.1. The third-order valence-electron chi connectivity index (χ3n) is 3.97. The molecule has 1 unspecified atom stereocenters. The Morgan fingerprint density at radius 2 is 1.71 bits per heavy atom. The molecule has 1 aromatic carbocycles. The molecule has 0 N–H and O–H groups in total. The summed E-state index contributed by atoms with van der Waals surface area (Å²) < 4.78 is 40.9. The van der Waals surface area contributed by atoms with Gasteiger partial charge < -0.3 is 17.0 Å². The van der Waals surface area contributed by atoms with E-state index in [1.807, 2.05) is 0 Å². The zero-order valence-corrected chi connectivity index (χ0v) is 14.4. The molecule has 6 heteroatoms. The van der Waals surface area contributed by atoms with E-state index in [4.69, 9.17) is 11.6 Å². The molecule has 0 bridgehead atoms. The van der Waals surface area contributed by atoms with Crippen molar-refractivity contribution in [3.05, 3.63) is 34.2 Å². The van der Waals surface area contributed by atoms with E-state index < -0.39 is 16.0 Å². The van der Waals surface area contributed by atoms with Crippen molar-refractivity contribution in [1.82, 2.24) is 0 Å². The molecule has 1 aromatic heterocycles. The van der Waals surface area contributed by atoms with E-state index in [-0.39, 0.29) is 22.9 Å². The largest absolute Gasteiger partial charge is 1.00 e. The van der Waals surface area contributed by atoms with Crippen molar-refractivity contribution < 1.29 is 30.2 Å².